The second-order valence-corrected chi connectivity index (χ2v) is 4.07. The van der Waals surface area contributed by atoms with Crippen molar-refractivity contribution in [1.29, 1.82) is 0 Å². The van der Waals surface area contributed by atoms with Crippen LogP contribution in [0.1, 0.15) is 12.0 Å². The van der Waals surface area contributed by atoms with Crippen LogP contribution in [0.15, 0.2) is 24.3 Å². The van der Waals surface area contributed by atoms with Gasteiger partial charge < -0.3 is 15.0 Å². The van der Waals surface area contributed by atoms with Crippen molar-refractivity contribution in [2.45, 2.75) is 13.0 Å². The molecule has 1 amide bonds. The first-order valence-corrected chi connectivity index (χ1v) is 5.67. The van der Waals surface area contributed by atoms with Crippen molar-refractivity contribution in [3.05, 3.63) is 29.8 Å². The zero-order valence-corrected chi connectivity index (χ0v) is 10.7. The number of rotatable bonds is 6. The quantitative estimate of drug-likeness (QED) is 0.756. The number of ether oxygens (including phenoxy) is 1. The van der Waals surface area contributed by atoms with Gasteiger partial charge in [0, 0.05) is 33.6 Å². The molecule has 0 saturated carbocycles. The van der Waals surface area contributed by atoms with Gasteiger partial charge in [-0.05, 0) is 17.7 Å². The lowest BCUT2D eigenvalue weighted by molar-refractivity contribution is -0.128. The number of hydrogen-bond acceptors (Lipinski definition) is 3. The van der Waals surface area contributed by atoms with Crippen molar-refractivity contribution >= 4 is 5.91 Å². The number of methoxy groups -OCH3 is 1. The second kappa shape index (κ2) is 6.91. The highest BCUT2D eigenvalue weighted by molar-refractivity contribution is 5.75. The summed E-state index contributed by atoms with van der Waals surface area (Å²) in [5.41, 5.74) is 1.15. The average Bonchev–Trinajstić information content (AvgIpc) is 2.34. The van der Waals surface area contributed by atoms with E-state index in [0.717, 1.165) is 17.9 Å². The predicted molar refractivity (Wildman–Crippen MR) is 68.0 cm³/mol. The topological polar surface area (TPSA) is 41.6 Å². The highest BCUT2D eigenvalue weighted by Crippen LogP contribution is 2.11. The number of carbonyl (C=O) groups is 1. The molecular formula is C13H20N2O2. The van der Waals surface area contributed by atoms with E-state index in [9.17, 15) is 4.79 Å². The molecule has 4 heteroatoms. The van der Waals surface area contributed by atoms with Gasteiger partial charge in [0.1, 0.15) is 5.75 Å². The molecular weight excluding hydrogens is 216 g/mol. The molecule has 1 aromatic rings. The van der Waals surface area contributed by atoms with Gasteiger partial charge in [-0.3, -0.25) is 4.79 Å². The summed E-state index contributed by atoms with van der Waals surface area (Å²) in [6, 6.07) is 7.89. The third-order valence-electron chi connectivity index (χ3n) is 2.48. The van der Waals surface area contributed by atoms with E-state index in [0.29, 0.717) is 13.0 Å². The van der Waals surface area contributed by atoms with Crippen LogP contribution in [0.5, 0.6) is 5.75 Å². The Kier molecular flexibility index (Phi) is 5.49. The van der Waals surface area contributed by atoms with Gasteiger partial charge in [0.05, 0.1) is 7.11 Å². The summed E-state index contributed by atoms with van der Waals surface area (Å²) in [5.74, 6) is 0.997. The van der Waals surface area contributed by atoms with E-state index < -0.39 is 0 Å². The summed E-state index contributed by atoms with van der Waals surface area (Å²) in [6.07, 6.45) is 0.525. The van der Waals surface area contributed by atoms with E-state index in [1.165, 1.54) is 0 Å². The molecule has 1 rings (SSSR count). The maximum atomic E-state index is 11.3. The Balaban J connectivity index is 2.28. The molecule has 0 atom stereocenters. The minimum absolute atomic E-state index is 0.142. The van der Waals surface area contributed by atoms with Gasteiger partial charge in [0.2, 0.25) is 5.91 Å². The molecule has 0 bridgehead atoms. The van der Waals surface area contributed by atoms with E-state index in [1.54, 1.807) is 26.1 Å². The van der Waals surface area contributed by atoms with Crippen molar-refractivity contribution in [2.75, 3.05) is 27.7 Å². The highest BCUT2D eigenvalue weighted by atomic mass is 16.5. The van der Waals surface area contributed by atoms with Gasteiger partial charge in [-0.2, -0.15) is 0 Å². The Morgan fingerprint density at radius 3 is 2.82 bits per heavy atom. The van der Waals surface area contributed by atoms with Crippen LogP contribution in [0.4, 0.5) is 0 Å². The van der Waals surface area contributed by atoms with Gasteiger partial charge in [-0.1, -0.05) is 12.1 Å². The monoisotopic (exact) mass is 236 g/mol. The Bertz CT molecular complexity index is 364. The number of amides is 1. The normalized spacial score (nSPS) is 10.1. The molecule has 0 aliphatic heterocycles. The number of benzene rings is 1. The van der Waals surface area contributed by atoms with Crippen molar-refractivity contribution in [3.8, 4) is 5.75 Å². The third kappa shape index (κ3) is 4.87. The fraction of sp³-hybridized carbons (Fsp3) is 0.462. The Labute approximate surface area is 103 Å². The number of carbonyl (C=O) groups excluding carboxylic acids is 1. The first-order valence-electron chi connectivity index (χ1n) is 5.67. The van der Waals surface area contributed by atoms with E-state index in [4.69, 9.17) is 4.74 Å². The van der Waals surface area contributed by atoms with E-state index >= 15 is 0 Å². The first-order chi connectivity index (χ1) is 8.13. The highest BCUT2D eigenvalue weighted by Gasteiger charge is 2.02. The van der Waals surface area contributed by atoms with Crippen LogP contribution in [0, 0.1) is 0 Å². The van der Waals surface area contributed by atoms with Crippen LogP contribution < -0.4 is 10.1 Å². The minimum Gasteiger partial charge on any atom is -0.497 e. The van der Waals surface area contributed by atoms with Crippen LogP contribution in [-0.4, -0.2) is 38.6 Å². The molecule has 17 heavy (non-hydrogen) atoms. The van der Waals surface area contributed by atoms with Crippen LogP contribution in [0.2, 0.25) is 0 Å². The van der Waals surface area contributed by atoms with Crippen molar-refractivity contribution in [3.63, 3.8) is 0 Å². The van der Waals surface area contributed by atoms with E-state index in [2.05, 4.69) is 5.32 Å². The largest absolute Gasteiger partial charge is 0.497 e. The Morgan fingerprint density at radius 1 is 1.41 bits per heavy atom. The summed E-state index contributed by atoms with van der Waals surface area (Å²) < 4.78 is 5.14. The van der Waals surface area contributed by atoms with Gasteiger partial charge >= 0.3 is 0 Å². The number of nitrogens with zero attached hydrogens (tertiary/aromatic N) is 1. The SMILES string of the molecule is COc1cccc(CNCCC(=O)N(C)C)c1. The van der Waals surface area contributed by atoms with Crippen molar-refractivity contribution < 1.29 is 9.53 Å². The molecule has 0 aliphatic carbocycles. The first kappa shape index (κ1) is 13.5. The summed E-state index contributed by atoms with van der Waals surface area (Å²) in [5, 5.41) is 3.24. The molecule has 1 N–H and O–H groups in total. The number of nitrogens with one attached hydrogen (secondary N) is 1. The smallest absolute Gasteiger partial charge is 0.223 e. The van der Waals surface area contributed by atoms with Gasteiger partial charge in [0.15, 0.2) is 0 Å². The molecule has 0 aliphatic rings. The van der Waals surface area contributed by atoms with Gasteiger partial charge in [-0.25, -0.2) is 0 Å². The maximum absolute atomic E-state index is 11.3. The van der Waals surface area contributed by atoms with Crippen LogP contribution in [0.25, 0.3) is 0 Å². The zero-order chi connectivity index (χ0) is 12.7. The summed E-state index contributed by atoms with van der Waals surface area (Å²) in [6.45, 7) is 1.44. The van der Waals surface area contributed by atoms with Gasteiger partial charge in [-0.15, -0.1) is 0 Å². The van der Waals surface area contributed by atoms with E-state index in [1.807, 2.05) is 24.3 Å². The average molecular weight is 236 g/mol. The molecule has 0 saturated heterocycles. The molecule has 0 unspecified atom stereocenters. The maximum Gasteiger partial charge on any atom is 0.223 e. The predicted octanol–water partition coefficient (Wildman–Crippen LogP) is 1.26. The molecule has 1 aromatic carbocycles. The molecule has 94 valence electrons. The molecule has 0 radical (unpaired) electrons. The summed E-state index contributed by atoms with van der Waals surface area (Å²) in [4.78, 5) is 12.9. The second-order valence-electron chi connectivity index (χ2n) is 4.07. The lowest BCUT2D eigenvalue weighted by Gasteiger charge is -2.10. The van der Waals surface area contributed by atoms with Crippen molar-refractivity contribution in [1.82, 2.24) is 10.2 Å². The minimum atomic E-state index is 0.142. The van der Waals surface area contributed by atoms with Crippen LogP contribution in [0.3, 0.4) is 0 Å². The molecule has 0 aromatic heterocycles. The molecule has 0 spiro atoms. The van der Waals surface area contributed by atoms with Crippen LogP contribution in [-0.2, 0) is 11.3 Å². The Hall–Kier alpha value is -1.55. The van der Waals surface area contributed by atoms with Crippen LogP contribution >= 0.6 is 0 Å². The lowest BCUT2D eigenvalue weighted by atomic mass is 10.2. The fourth-order valence-corrected chi connectivity index (χ4v) is 1.43. The Morgan fingerprint density at radius 2 is 2.18 bits per heavy atom. The molecule has 0 fully saturated rings. The van der Waals surface area contributed by atoms with Gasteiger partial charge in [0.25, 0.3) is 0 Å². The van der Waals surface area contributed by atoms with E-state index in [-0.39, 0.29) is 5.91 Å². The standard InChI is InChI=1S/C13H20N2O2/c1-15(2)13(16)7-8-14-10-11-5-4-6-12(9-11)17-3/h4-6,9,14H,7-8,10H2,1-3H3. The number of hydrogen-bond donors (Lipinski definition) is 1. The summed E-state index contributed by atoms with van der Waals surface area (Å²) in [7, 11) is 5.19. The molecule has 0 heterocycles. The molecule has 4 nitrogen and oxygen atoms in total. The van der Waals surface area contributed by atoms with Crippen molar-refractivity contribution in [2.24, 2.45) is 0 Å². The fourth-order valence-electron chi connectivity index (χ4n) is 1.43. The summed E-state index contributed by atoms with van der Waals surface area (Å²) >= 11 is 0. The zero-order valence-electron chi connectivity index (χ0n) is 10.7. The third-order valence-corrected chi connectivity index (χ3v) is 2.48. The lowest BCUT2D eigenvalue weighted by Crippen LogP contribution is -2.26.